The third-order valence-corrected chi connectivity index (χ3v) is 10.3. The van der Waals surface area contributed by atoms with Gasteiger partial charge in [0.1, 0.15) is 0 Å². The largest absolute Gasteiger partial charge is 0.481 e. The summed E-state index contributed by atoms with van der Waals surface area (Å²) < 4.78 is 5.33. The number of aliphatic hydroxyl groups is 1. The number of cyclic esters (lactones) is 1. The van der Waals surface area contributed by atoms with E-state index in [1.807, 2.05) is 0 Å². The number of fused-ring (bicyclic) bond motifs is 3. The average molecular weight is 483 g/mol. The van der Waals surface area contributed by atoms with E-state index in [9.17, 15) is 19.8 Å². The molecule has 2 N–H and O–H groups in total. The van der Waals surface area contributed by atoms with Crippen LogP contribution in [0, 0.1) is 34.0 Å². The van der Waals surface area contributed by atoms with Crippen molar-refractivity contribution in [3.8, 4) is 0 Å². The molecule has 1 fully saturated rings. The maximum atomic E-state index is 11.9. The van der Waals surface area contributed by atoms with Crippen LogP contribution < -0.4 is 0 Å². The maximum Gasteiger partial charge on any atom is 0.336 e. The van der Waals surface area contributed by atoms with Crippen molar-refractivity contribution in [3.05, 3.63) is 47.1 Å². The molecule has 5 nitrogen and oxygen atoms in total. The fourth-order valence-electron chi connectivity index (χ4n) is 8.10. The number of hydrogen-bond acceptors (Lipinski definition) is 4. The van der Waals surface area contributed by atoms with Gasteiger partial charge in [0.15, 0.2) is 0 Å². The number of carbonyl (C=O) groups excluding carboxylic acids is 1. The van der Waals surface area contributed by atoms with Gasteiger partial charge in [-0.25, -0.2) is 4.79 Å². The molecule has 0 aromatic rings. The zero-order valence-corrected chi connectivity index (χ0v) is 22.2. The van der Waals surface area contributed by atoms with E-state index in [1.54, 1.807) is 13.0 Å². The fraction of sp³-hybridized carbons (Fsp3) is 0.667. The standard InChI is InChI=1S/C30H42O5/c1-18(2)21-8-9-23-22(28(21,6)13-12-25(31)32)10-11-24-27(5,14-15-29(23,24)7)20(4)17-30(34)16-19(3)26(33)35-30/h9,11,16,20-22,34H,1,8,10,12-15,17H2,2-7H3,(H,31,32)/t20-,21+,22-,27+,28+,29+,30?/m1/s1. The number of hydrogen-bond donors (Lipinski definition) is 2. The van der Waals surface area contributed by atoms with E-state index < -0.39 is 17.7 Å². The van der Waals surface area contributed by atoms with Crippen LogP contribution in [0.3, 0.4) is 0 Å². The number of carbonyl (C=O) groups is 2. The summed E-state index contributed by atoms with van der Waals surface area (Å²) in [6, 6.07) is 0. The van der Waals surface area contributed by atoms with E-state index in [-0.39, 0.29) is 34.5 Å². The van der Waals surface area contributed by atoms with E-state index in [4.69, 9.17) is 4.74 Å². The lowest BCUT2D eigenvalue weighted by atomic mass is 9.50. The van der Waals surface area contributed by atoms with Crippen molar-refractivity contribution in [2.75, 3.05) is 0 Å². The van der Waals surface area contributed by atoms with Crippen LogP contribution in [0.1, 0.15) is 86.5 Å². The molecule has 35 heavy (non-hydrogen) atoms. The lowest BCUT2D eigenvalue weighted by Crippen LogP contribution is -2.46. The molecule has 7 atom stereocenters. The first-order chi connectivity index (χ1) is 16.2. The Bertz CT molecular complexity index is 1050. The molecule has 0 bridgehead atoms. The predicted octanol–water partition coefficient (Wildman–Crippen LogP) is 6.35. The van der Waals surface area contributed by atoms with Gasteiger partial charge in [0.25, 0.3) is 0 Å². The molecule has 192 valence electrons. The molecule has 3 aliphatic carbocycles. The van der Waals surface area contributed by atoms with Crippen molar-refractivity contribution in [3.63, 3.8) is 0 Å². The lowest BCUT2D eigenvalue weighted by molar-refractivity contribution is -0.185. The Morgan fingerprint density at radius 2 is 1.91 bits per heavy atom. The van der Waals surface area contributed by atoms with Gasteiger partial charge in [0.2, 0.25) is 5.79 Å². The first-order valence-electron chi connectivity index (χ1n) is 13.1. The molecule has 0 spiro atoms. The number of esters is 1. The third kappa shape index (κ3) is 4.04. The SMILES string of the molecule is C=C(C)[C@@H]1CC=C2[C@@H](CC=C3[C@@]2(C)CC[C@@]3(C)[C@H](C)CC2(O)C=C(C)C(=O)O2)[C@@]1(C)CCC(=O)O. The molecule has 4 rings (SSSR count). The van der Waals surface area contributed by atoms with Crippen molar-refractivity contribution in [2.45, 2.75) is 92.3 Å². The van der Waals surface area contributed by atoms with Crippen LogP contribution in [0.25, 0.3) is 0 Å². The zero-order chi connectivity index (χ0) is 26.0. The molecule has 5 heteroatoms. The first-order valence-corrected chi connectivity index (χ1v) is 13.1. The quantitative estimate of drug-likeness (QED) is 0.326. The molecule has 0 aromatic carbocycles. The molecule has 4 aliphatic rings. The predicted molar refractivity (Wildman–Crippen MR) is 136 cm³/mol. The molecular formula is C30H42O5. The van der Waals surface area contributed by atoms with Gasteiger partial charge in [-0.15, -0.1) is 0 Å². The van der Waals surface area contributed by atoms with E-state index in [0.717, 1.165) is 31.3 Å². The molecule has 1 aliphatic heterocycles. The summed E-state index contributed by atoms with van der Waals surface area (Å²) in [6.07, 6.45) is 11.5. The van der Waals surface area contributed by atoms with Crippen LogP contribution in [-0.4, -0.2) is 27.9 Å². The van der Waals surface area contributed by atoms with E-state index in [2.05, 4.69) is 53.3 Å². The second-order valence-corrected chi connectivity index (χ2v) is 12.5. The highest BCUT2D eigenvalue weighted by Gasteiger charge is 2.58. The van der Waals surface area contributed by atoms with Gasteiger partial charge >= 0.3 is 11.9 Å². The van der Waals surface area contributed by atoms with Gasteiger partial charge in [-0.2, -0.15) is 0 Å². The molecular weight excluding hydrogens is 440 g/mol. The Morgan fingerprint density at radius 3 is 2.49 bits per heavy atom. The molecule has 0 saturated heterocycles. The topological polar surface area (TPSA) is 83.8 Å². The Labute approximate surface area is 210 Å². The number of ether oxygens (including phenoxy) is 1. The van der Waals surface area contributed by atoms with Gasteiger partial charge in [0.05, 0.1) is 0 Å². The molecule has 0 amide bonds. The number of carboxylic acid groups (broad SMARTS) is 1. The van der Waals surface area contributed by atoms with Gasteiger partial charge in [0, 0.05) is 23.8 Å². The molecule has 1 unspecified atom stereocenters. The van der Waals surface area contributed by atoms with E-state index >= 15 is 0 Å². The van der Waals surface area contributed by atoms with Crippen LogP contribution >= 0.6 is 0 Å². The summed E-state index contributed by atoms with van der Waals surface area (Å²) in [5.74, 6) is -2.03. The zero-order valence-electron chi connectivity index (χ0n) is 22.2. The summed E-state index contributed by atoms with van der Waals surface area (Å²) in [4.78, 5) is 23.5. The van der Waals surface area contributed by atoms with Crippen molar-refractivity contribution >= 4 is 11.9 Å². The fourth-order valence-corrected chi connectivity index (χ4v) is 8.10. The van der Waals surface area contributed by atoms with Crippen LogP contribution in [0.5, 0.6) is 0 Å². The van der Waals surface area contributed by atoms with E-state index in [0.29, 0.717) is 24.3 Å². The van der Waals surface area contributed by atoms with Crippen molar-refractivity contribution < 1.29 is 24.5 Å². The van der Waals surface area contributed by atoms with Gasteiger partial charge in [-0.3, -0.25) is 4.79 Å². The van der Waals surface area contributed by atoms with Gasteiger partial charge in [-0.05, 0) is 80.6 Å². The van der Waals surface area contributed by atoms with Crippen LogP contribution in [0.4, 0.5) is 0 Å². The third-order valence-electron chi connectivity index (χ3n) is 10.3. The normalized spacial score (nSPS) is 41.2. The molecule has 1 saturated carbocycles. The maximum absolute atomic E-state index is 11.9. The minimum atomic E-state index is -1.53. The molecule has 1 heterocycles. The molecule has 0 radical (unpaired) electrons. The number of carboxylic acids is 1. The second-order valence-electron chi connectivity index (χ2n) is 12.5. The van der Waals surface area contributed by atoms with Gasteiger partial charge in [-0.1, -0.05) is 63.1 Å². The Balaban J connectivity index is 1.66. The van der Waals surface area contributed by atoms with Crippen LogP contribution in [0.15, 0.2) is 47.1 Å². The highest BCUT2D eigenvalue weighted by Crippen LogP contribution is 2.68. The average Bonchev–Trinajstić information content (AvgIpc) is 3.18. The van der Waals surface area contributed by atoms with E-state index in [1.165, 1.54) is 11.1 Å². The Kier molecular flexibility index (Phi) is 6.28. The monoisotopic (exact) mass is 482 g/mol. The van der Waals surface area contributed by atoms with Crippen molar-refractivity contribution in [1.82, 2.24) is 0 Å². The summed E-state index contributed by atoms with van der Waals surface area (Å²) in [5.41, 5.74) is 4.18. The number of rotatable bonds is 7. The Hall–Kier alpha value is -2.14. The summed E-state index contributed by atoms with van der Waals surface area (Å²) in [6.45, 7) is 17.1. The lowest BCUT2D eigenvalue weighted by Gasteiger charge is -2.55. The number of aliphatic carboxylic acids is 1. The summed E-state index contributed by atoms with van der Waals surface area (Å²) in [5, 5.41) is 20.4. The van der Waals surface area contributed by atoms with Crippen molar-refractivity contribution in [1.29, 1.82) is 0 Å². The second kappa shape index (κ2) is 8.47. The molecule has 0 aromatic heterocycles. The first kappa shape index (κ1) is 25.9. The minimum absolute atomic E-state index is 0.0722. The van der Waals surface area contributed by atoms with Crippen LogP contribution in [-0.2, 0) is 14.3 Å². The Morgan fingerprint density at radius 1 is 1.23 bits per heavy atom. The summed E-state index contributed by atoms with van der Waals surface area (Å²) in [7, 11) is 0. The summed E-state index contributed by atoms with van der Waals surface area (Å²) >= 11 is 0. The minimum Gasteiger partial charge on any atom is -0.481 e. The van der Waals surface area contributed by atoms with Gasteiger partial charge < -0.3 is 14.9 Å². The number of allylic oxidation sites excluding steroid dienone is 5. The van der Waals surface area contributed by atoms with Crippen molar-refractivity contribution in [2.24, 2.45) is 34.0 Å². The smallest absolute Gasteiger partial charge is 0.336 e. The highest BCUT2D eigenvalue weighted by atomic mass is 16.7. The van der Waals surface area contributed by atoms with Crippen LogP contribution in [0.2, 0.25) is 0 Å². The highest BCUT2D eigenvalue weighted by molar-refractivity contribution is 5.90.